The number of nitrogens with zero attached hydrogens (tertiary/aromatic N) is 1. The van der Waals surface area contributed by atoms with Gasteiger partial charge in [-0.05, 0) is 19.9 Å². The van der Waals surface area contributed by atoms with Gasteiger partial charge in [-0.3, -0.25) is 10.1 Å². The highest BCUT2D eigenvalue weighted by Crippen LogP contribution is 2.28. The van der Waals surface area contributed by atoms with Crippen LogP contribution in [0, 0.1) is 10.1 Å². The summed E-state index contributed by atoms with van der Waals surface area (Å²) in [6.45, 7) is 3.31. The number of hydrogen-bond donors (Lipinski definition) is 3. The van der Waals surface area contributed by atoms with Crippen LogP contribution >= 0.6 is 0 Å². The average Bonchev–Trinajstić information content (AvgIpc) is 2.13. The van der Waals surface area contributed by atoms with E-state index in [1.807, 2.05) is 0 Å². The second kappa shape index (κ2) is 4.36. The van der Waals surface area contributed by atoms with E-state index in [2.05, 4.69) is 5.32 Å². The molecule has 0 aliphatic carbocycles. The lowest BCUT2D eigenvalue weighted by Gasteiger charge is -2.18. The summed E-state index contributed by atoms with van der Waals surface area (Å²) in [5.41, 5.74) is -0.937. The Morgan fingerprint density at radius 1 is 1.50 bits per heavy atom. The van der Waals surface area contributed by atoms with Gasteiger partial charge in [0.25, 0.3) is 5.69 Å². The first-order valence-electron chi connectivity index (χ1n) is 4.73. The van der Waals surface area contributed by atoms with Crippen molar-refractivity contribution in [3.63, 3.8) is 0 Å². The Labute approximate surface area is 92.7 Å². The smallest absolute Gasteiger partial charge is 0.292 e. The molecule has 0 aromatic heterocycles. The number of aliphatic hydroxyl groups is 1. The van der Waals surface area contributed by atoms with Crippen LogP contribution in [-0.2, 0) is 0 Å². The molecule has 0 heterocycles. The van der Waals surface area contributed by atoms with Gasteiger partial charge in [0.05, 0.1) is 10.5 Å². The van der Waals surface area contributed by atoms with Crippen LogP contribution in [0.1, 0.15) is 13.8 Å². The van der Waals surface area contributed by atoms with Gasteiger partial charge in [-0.1, -0.05) is 0 Å². The lowest BCUT2D eigenvalue weighted by Crippen LogP contribution is -2.29. The van der Waals surface area contributed by atoms with E-state index in [9.17, 15) is 20.3 Å². The SMILES string of the molecule is CC(C)(O)CNc1cc(O)ccc1[N+](=O)[O-]. The van der Waals surface area contributed by atoms with E-state index in [1.165, 1.54) is 18.2 Å². The quantitative estimate of drug-likeness (QED) is 0.534. The number of aromatic hydroxyl groups is 1. The summed E-state index contributed by atoms with van der Waals surface area (Å²) < 4.78 is 0. The van der Waals surface area contributed by atoms with E-state index in [0.717, 1.165) is 0 Å². The summed E-state index contributed by atoms with van der Waals surface area (Å²) in [6, 6.07) is 3.71. The Morgan fingerprint density at radius 3 is 2.62 bits per heavy atom. The maximum absolute atomic E-state index is 10.7. The Balaban J connectivity index is 2.93. The molecule has 0 saturated carbocycles. The van der Waals surface area contributed by atoms with Crippen molar-refractivity contribution in [2.75, 3.05) is 11.9 Å². The molecule has 0 spiro atoms. The van der Waals surface area contributed by atoms with Crippen molar-refractivity contribution >= 4 is 11.4 Å². The molecule has 0 amide bonds. The molecule has 88 valence electrons. The van der Waals surface area contributed by atoms with Crippen LogP contribution in [0.5, 0.6) is 5.75 Å². The summed E-state index contributed by atoms with van der Waals surface area (Å²) >= 11 is 0. The maximum atomic E-state index is 10.7. The van der Waals surface area contributed by atoms with E-state index in [1.54, 1.807) is 13.8 Å². The fourth-order valence-electron chi connectivity index (χ4n) is 1.14. The van der Waals surface area contributed by atoms with Crippen molar-refractivity contribution in [2.24, 2.45) is 0 Å². The van der Waals surface area contributed by atoms with Crippen LogP contribution in [0.25, 0.3) is 0 Å². The molecule has 6 heteroatoms. The van der Waals surface area contributed by atoms with Crippen molar-refractivity contribution < 1.29 is 15.1 Å². The number of hydrogen-bond acceptors (Lipinski definition) is 5. The van der Waals surface area contributed by atoms with Crippen molar-refractivity contribution in [3.8, 4) is 5.75 Å². The zero-order chi connectivity index (χ0) is 12.3. The molecule has 0 atom stereocenters. The van der Waals surface area contributed by atoms with Gasteiger partial charge in [-0.2, -0.15) is 0 Å². The van der Waals surface area contributed by atoms with Crippen molar-refractivity contribution in [1.82, 2.24) is 0 Å². The minimum atomic E-state index is -0.987. The third-order valence-electron chi connectivity index (χ3n) is 1.89. The number of phenolic OH excluding ortho intramolecular Hbond substituents is 1. The monoisotopic (exact) mass is 226 g/mol. The van der Waals surface area contributed by atoms with Gasteiger partial charge in [0.2, 0.25) is 0 Å². The maximum Gasteiger partial charge on any atom is 0.292 e. The minimum Gasteiger partial charge on any atom is -0.508 e. The normalized spacial score (nSPS) is 11.2. The number of rotatable bonds is 4. The van der Waals surface area contributed by atoms with Crippen molar-refractivity contribution in [2.45, 2.75) is 19.4 Å². The first kappa shape index (κ1) is 12.3. The topological polar surface area (TPSA) is 95.6 Å². The molecule has 1 rings (SSSR count). The van der Waals surface area contributed by atoms with Gasteiger partial charge < -0.3 is 15.5 Å². The highest BCUT2D eigenvalue weighted by atomic mass is 16.6. The molecule has 16 heavy (non-hydrogen) atoms. The van der Waals surface area contributed by atoms with E-state index in [-0.39, 0.29) is 23.7 Å². The molecule has 0 saturated heterocycles. The summed E-state index contributed by atoms with van der Waals surface area (Å²) in [6.07, 6.45) is 0. The third-order valence-corrected chi connectivity index (χ3v) is 1.89. The molecular formula is C10H14N2O4. The highest BCUT2D eigenvalue weighted by molar-refractivity contribution is 5.64. The second-order valence-electron chi connectivity index (χ2n) is 4.12. The molecule has 3 N–H and O–H groups in total. The molecule has 6 nitrogen and oxygen atoms in total. The molecule has 1 aromatic rings. The van der Waals surface area contributed by atoms with Crippen LogP contribution in [0.15, 0.2) is 18.2 Å². The lowest BCUT2D eigenvalue weighted by molar-refractivity contribution is -0.384. The van der Waals surface area contributed by atoms with E-state index in [0.29, 0.717) is 0 Å². The predicted molar refractivity (Wildman–Crippen MR) is 59.5 cm³/mol. The first-order chi connectivity index (χ1) is 7.29. The summed E-state index contributed by atoms with van der Waals surface area (Å²) in [5.74, 6) is -0.0659. The third kappa shape index (κ3) is 3.39. The van der Waals surface area contributed by atoms with E-state index in [4.69, 9.17) is 0 Å². The van der Waals surface area contributed by atoms with E-state index >= 15 is 0 Å². The molecule has 0 aliphatic heterocycles. The molecule has 0 radical (unpaired) electrons. The molecule has 0 bridgehead atoms. The zero-order valence-corrected chi connectivity index (χ0v) is 9.10. The Morgan fingerprint density at radius 2 is 2.12 bits per heavy atom. The van der Waals surface area contributed by atoms with Crippen LogP contribution in [0.3, 0.4) is 0 Å². The standard InChI is InChI=1S/C10H14N2O4/c1-10(2,14)6-11-8-5-7(13)3-4-9(8)12(15)16/h3-5,11,13-14H,6H2,1-2H3. The fourth-order valence-corrected chi connectivity index (χ4v) is 1.14. The number of phenols is 1. The van der Waals surface area contributed by atoms with Crippen LogP contribution in [-0.4, -0.2) is 27.3 Å². The summed E-state index contributed by atoms with van der Waals surface area (Å²) in [4.78, 5) is 10.1. The molecule has 1 aromatic carbocycles. The Bertz CT molecular complexity index is 398. The van der Waals surface area contributed by atoms with Gasteiger partial charge in [-0.15, -0.1) is 0 Å². The second-order valence-corrected chi connectivity index (χ2v) is 4.12. The van der Waals surface area contributed by atoms with Crippen molar-refractivity contribution in [3.05, 3.63) is 28.3 Å². The molecule has 0 aliphatic rings. The van der Waals surface area contributed by atoms with Gasteiger partial charge in [-0.25, -0.2) is 0 Å². The van der Waals surface area contributed by atoms with Gasteiger partial charge >= 0.3 is 0 Å². The first-order valence-corrected chi connectivity index (χ1v) is 4.73. The fraction of sp³-hybridized carbons (Fsp3) is 0.400. The van der Waals surface area contributed by atoms with Crippen LogP contribution < -0.4 is 5.32 Å². The van der Waals surface area contributed by atoms with Crippen molar-refractivity contribution in [1.29, 1.82) is 0 Å². The molecule has 0 fully saturated rings. The molecular weight excluding hydrogens is 212 g/mol. The van der Waals surface area contributed by atoms with Gasteiger partial charge in [0.1, 0.15) is 11.4 Å². The Kier molecular flexibility index (Phi) is 3.34. The zero-order valence-electron chi connectivity index (χ0n) is 9.10. The van der Waals surface area contributed by atoms with E-state index < -0.39 is 10.5 Å². The summed E-state index contributed by atoms with van der Waals surface area (Å²) in [5, 5.41) is 32.1. The molecule has 0 unspecified atom stereocenters. The number of nitro benzene ring substituents is 1. The van der Waals surface area contributed by atoms with Gasteiger partial charge in [0.15, 0.2) is 0 Å². The Hall–Kier alpha value is -1.82. The minimum absolute atomic E-state index is 0.0659. The summed E-state index contributed by atoms with van der Waals surface area (Å²) in [7, 11) is 0. The van der Waals surface area contributed by atoms with Crippen LogP contribution in [0.4, 0.5) is 11.4 Å². The lowest BCUT2D eigenvalue weighted by atomic mass is 10.1. The predicted octanol–water partition coefficient (Wildman–Crippen LogP) is 1.48. The average molecular weight is 226 g/mol. The van der Waals surface area contributed by atoms with Crippen LogP contribution in [0.2, 0.25) is 0 Å². The largest absolute Gasteiger partial charge is 0.508 e. The number of nitrogens with one attached hydrogen (secondary N) is 1. The number of nitro groups is 1. The highest BCUT2D eigenvalue weighted by Gasteiger charge is 2.17. The number of anilines is 1. The van der Waals surface area contributed by atoms with Gasteiger partial charge in [0, 0.05) is 18.7 Å². The number of benzene rings is 1.